The third-order valence-electron chi connectivity index (χ3n) is 3.18. The Morgan fingerprint density at radius 2 is 2.00 bits per heavy atom. The molecule has 1 N–H and O–H groups in total. The van der Waals surface area contributed by atoms with Crippen LogP contribution in [-0.4, -0.2) is 37.6 Å². The molecule has 4 heteroatoms. The van der Waals surface area contributed by atoms with E-state index in [0.29, 0.717) is 12.2 Å². The first-order valence-corrected chi connectivity index (χ1v) is 6.77. The highest BCUT2D eigenvalue weighted by atomic mass is 16.5. The van der Waals surface area contributed by atoms with Gasteiger partial charge in [0.2, 0.25) is 5.91 Å². The van der Waals surface area contributed by atoms with Gasteiger partial charge in [0, 0.05) is 13.0 Å². The Hall–Kier alpha value is -1.55. The number of aryl methyl sites for hydroxylation is 1. The van der Waals surface area contributed by atoms with Crippen molar-refractivity contribution in [1.29, 1.82) is 0 Å². The van der Waals surface area contributed by atoms with Gasteiger partial charge in [-0.25, -0.2) is 0 Å². The lowest BCUT2D eigenvalue weighted by atomic mass is 10.2. The van der Waals surface area contributed by atoms with Gasteiger partial charge in [-0.2, -0.15) is 0 Å². The van der Waals surface area contributed by atoms with Gasteiger partial charge in [0.05, 0.1) is 12.8 Å². The maximum absolute atomic E-state index is 11.9. The number of hydrogen-bond acceptors (Lipinski definition) is 3. The summed E-state index contributed by atoms with van der Waals surface area (Å²) in [7, 11) is 1.61. The number of anilines is 1. The number of amides is 1. The van der Waals surface area contributed by atoms with Crippen LogP contribution in [0.15, 0.2) is 18.2 Å². The first-order chi connectivity index (χ1) is 9.10. The molecular formula is C15H24N2O2. The number of ether oxygens (including phenoxy) is 1. The third kappa shape index (κ3) is 4.91. The molecule has 0 saturated carbocycles. The van der Waals surface area contributed by atoms with Gasteiger partial charge in [0.25, 0.3) is 0 Å². The lowest BCUT2D eigenvalue weighted by Crippen LogP contribution is -2.27. The van der Waals surface area contributed by atoms with E-state index in [1.807, 2.05) is 25.1 Å². The lowest BCUT2D eigenvalue weighted by Gasteiger charge is -2.17. The second-order valence-electron chi connectivity index (χ2n) is 4.53. The highest BCUT2D eigenvalue weighted by molar-refractivity contribution is 5.92. The minimum absolute atomic E-state index is 0.0239. The average molecular weight is 264 g/mol. The smallest absolute Gasteiger partial charge is 0.225 e. The van der Waals surface area contributed by atoms with Gasteiger partial charge in [-0.15, -0.1) is 0 Å². The van der Waals surface area contributed by atoms with E-state index in [1.54, 1.807) is 7.11 Å². The zero-order valence-electron chi connectivity index (χ0n) is 12.3. The predicted octanol–water partition coefficient (Wildman–Crippen LogP) is 2.67. The zero-order chi connectivity index (χ0) is 14.3. The van der Waals surface area contributed by atoms with Crippen LogP contribution in [0.25, 0.3) is 0 Å². The average Bonchev–Trinajstić information content (AvgIpc) is 2.40. The summed E-state index contributed by atoms with van der Waals surface area (Å²) in [4.78, 5) is 14.2. The summed E-state index contributed by atoms with van der Waals surface area (Å²) >= 11 is 0. The number of methoxy groups -OCH3 is 1. The highest BCUT2D eigenvalue weighted by Gasteiger charge is 2.09. The van der Waals surface area contributed by atoms with Crippen LogP contribution in [0.5, 0.6) is 5.75 Å². The van der Waals surface area contributed by atoms with Crippen LogP contribution < -0.4 is 10.1 Å². The normalized spacial score (nSPS) is 10.6. The number of rotatable bonds is 7. The summed E-state index contributed by atoms with van der Waals surface area (Å²) in [6, 6.07) is 5.76. The topological polar surface area (TPSA) is 41.6 Å². The molecule has 1 aromatic rings. The summed E-state index contributed by atoms with van der Waals surface area (Å²) in [5.74, 6) is 0.720. The molecule has 0 atom stereocenters. The van der Waals surface area contributed by atoms with E-state index in [-0.39, 0.29) is 5.91 Å². The predicted molar refractivity (Wildman–Crippen MR) is 78.8 cm³/mol. The molecule has 4 nitrogen and oxygen atoms in total. The minimum atomic E-state index is 0.0239. The molecule has 0 aliphatic heterocycles. The van der Waals surface area contributed by atoms with Crippen LogP contribution in [-0.2, 0) is 4.79 Å². The lowest BCUT2D eigenvalue weighted by molar-refractivity contribution is -0.116. The monoisotopic (exact) mass is 264 g/mol. The molecule has 0 aliphatic rings. The Morgan fingerprint density at radius 3 is 2.58 bits per heavy atom. The summed E-state index contributed by atoms with van der Waals surface area (Å²) in [6.07, 6.45) is 0.499. The molecule has 0 unspecified atom stereocenters. The molecule has 19 heavy (non-hydrogen) atoms. The number of carbonyl (C=O) groups is 1. The Labute approximate surface area is 115 Å². The van der Waals surface area contributed by atoms with Gasteiger partial charge in [-0.05, 0) is 37.7 Å². The quantitative estimate of drug-likeness (QED) is 0.823. The molecule has 1 rings (SSSR count). The Bertz CT molecular complexity index is 415. The number of hydrogen-bond donors (Lipinski definition) is 1. The zero-order valence-corrected chi connectivity index (χ0v) is 12.3. The summed E-state index contributed by atoms with van der Waals surface area (Å²) in [5.41, 5.74) is 1.84. The van der Waals surface area contributed by atoms with Crippen LogP contribution in [0.1, 0.15) is 25.8 Å². The molecular weight excluding hydrogens is 240 g/mol. The third-order valence-corrected chi connectivity index (χ3v) is 3.18. The molecule has 106 valence electrons. The fraction of sp³-hybridized carbons (Fsp3) is 0.533. The van der Waals surface area contributed by atoms with Gasteiger partial charge in [-0.3, -0.25) is 4.79 Å². The van der Waals surface area contributed by atoms with Crippen molar-refractivity contribution in [2.45, 2.75) is 27.2 Å². The van der Waals surface area contributed by atoms with Crippen molar-refractivity contribution in [1.82, 2.24) is 4.90 Å². The van der Waals surface area contributed by atoms with Gasteiger partial charge >= 0.3 is 0 Å². The molecule has 0 radical (unpaired) electrons. The second-order valence-corrected chi connectivity index (χ2v) is 4.53. The van der Waals surface area contributed by atoms with E-state index < -0.39 is 0 Å². The van der Waals surface area contributed by atoms with Crippen LogP contribution in [0.4, 0.5) is 5.69 Å². The Kier molecular flexibility index (Phi) is 6.36. The van der Waals surface area contributed by atoms with Crippen molar-refractivity contribution in [2.75, 3.05) is 32.1 Å². The molecule has 0 fully saturated rings. The van der Waals surface area contributed by atoms with Crippen LogP contribution in [0, 0.1) is 6.92 Å². The van der Waals surface area contributed by atoms with E-state index >= 15 is 0 Å². The fourth-order valence-electron chi connectivity index (χ4n) is 1.93. The SMILES string of the molecule is CCN(CC)CCC(=O)Nc1cc(C)ccc1OC. The van der Waals surface area contributed by atoms with Crippen LogP contribution >= 0.6 is 0 Å². The van der Waals surface area contributed by atoms with Gasteiger partial charge < -0.3 is 15.0 Å². The molecule has 0 heterocycles. The number of carbonyl (C=O) groups excluding carboxylic acids is 1. The molecule has 0 spiro atoms. The van der Waals surface area contributed by atoms with Gasteiger partial charge in [0.1, 0.15) is 5.75 Å². The standard InChI is InChI=1S/C15H24N2O2/c1-5-17(6-2)10-9-15(18)16-13-11-12(3)7-8-14(13)19-4/h7-8,11H,5-6,9-10H2,1-4H3,(H,16,18). The molecule has 1 aromatic carbocycles. The van der Waals surface area contributed by atoms with E-state index in [9.17, 15) is 4.79 Å². The van der Waals surface area contributed by atoms with Crippen LogP contribution in [0.2, 0.25) is 0 Å². The summed E-state index contributed by atoms with van der Waals surface area (Å²) < 4.78 is 5.24. The van der Waals surface area contributed by atoms with Gasteiger partial charge in [0.15, 0.2) is 0 Å². The molecule has 1 amide bonds. The molecule has 0 bridgehead atoms. The highest BCUT2D eigenvalue weighted by Crippen LogP contribution is 2.25. The molecule has 0 aromatic heterocycles. The largest absolute Gasteiger partial charge is 0.495 e. The van der Waals surface area contributed by atoms with Crippen molar-refractivity contribution in [2.24, 2.45) is 0 Å². The number of nitrogens with zero attached hydrogens (tertiary/aromatic N) is 1. The minimum Gasteiger partial charge on any atom is -0.495 e. The maximum Gasteiger partial charge on any atom is 0.225 e. The first kappa shape index (κ1) is 15.5. The molecule has 0 saturated heterocycles. The summed E-state index contributed by atoms with van der Waals surface area (Å²) in [6.45, 7) is 8.92. The van der Waals surface area contributed by atoms with Gasteiger partial charge in [-0.1, -0.05) is 19.9 Å². The van der Waals surface area contributed by atoms with Crippen molar-refractivity contribution in [3.05, 3.63) is 23.8 Å². The van der Waals surface area contributed by atoms with E-state index in [1.165, 1.54) is 0 Å². The Balaban J connectivity index is 2.59. The number of benzene rings is 1. The van der Waals surface area contributed by atoms with E-state index in [2.05, 4.69) is 24.1 Å². The van der Waals surface area contributed by atoms with Crippen LogP contribution in [0.3, 0.4) is 0 Å². The second kappa shape index (κ2) is 7.79. The van der Waals surface area contributed by atoms with E-state index in [4.69, 9.17) is 4.74 Å². The van der Waals surface area contributed by atoms with E-state index in [0.717, 1.165) is 30.9 Å². The number of nitrogens with one attached hydrogen (secondary N) is 1. The van der Waals surface area contributed by atoms with Crippen molar-refractivity contribution in [3.8, 4) is 5.75 Å². The Morgan fingerprint density at radius 1 is 1.32 bits per heavy atom. The summed E-state index contributed by atoms with van der Waals surface area (Å²) in [5, 5.41) is 2.92. The van der Waals surface area contributed by atoms with Crippen molar-refractivity contribution in [3.63, 3.8) is 0 Å². The maximum atomic E-state index is 11.9. The fourth-order valence-corrected chi connectivity index (χ4v) is 1.93. The van der Waals surface area contributed by atoms with Crippen molar-refractivity contribution < 1.29 is 9.53 Å². The molecule has 0 aliphatic carbocycles. The van der Waals surface area contributed by atoms with Crippen molar-refractivity contribution >= 4 is 11.6 Å². The first-order valence-electron chi connectivity index (χ1n) is 6.77.